The Bertz CT molecular complexity index is 1900. The summed E-state index contributed by atoms with van der Waals surface area (Å²) in [6.45, 7) is 0. The number of aliphatic hydroxyl groups is 3. The minimum absolute atomic E-state index is 0.0436. The first kappa shape index (κ1) is 30.2. The molecule has 6 N–H and O–H groups in total. The van der Waals surface area contributed by atoms with Gasteiger partial charge in [0.2, 0.25) is 5.78 Å². The van der Waals surface area contributed by atoms with Gasteiger partial charge in [-0.15, -0.1) is 0 Å². The summed E-state index contributed by atoms with van der Waals surface area (Å²) in [6.07, 6.45) is 6.31. The van der Waals surface area contributed by atoms with E-state index in [0.29, 0.717) is 11.5 Å². The lowest BCUT2D eigenvalue weighted by atomic mass is 9.57. The number of phenolic OH excluding ortho intramolecular Hbond substituents is 1. The third-order valence-electron chi connectivity index (χ3n) is 10.9. The maximum atomic E-state index is 14.2. The number of nitrogens with two attached hydrogens (primary N) is 1. The molecular weight excluding hydrogens is 584 g/mol. The average Bonchev–Trinajstić information content (AvgIpc) is 3.52. The summed E-state index contributed by atoms with van der Waals surface area (Å²) >= 11 is 0. The van der Waals surface area contributed by atoms with Crippen LogP contribution in [-0.4, -0.2) is 68.5 Å². The number of amides is 1. The summed E-state index contributed by atoms with van der Waals surface area (Å²) in [5.74, 6) is -5.94. The Morgan fingerprint density at radius 3 is 2.30 bits per heavy atom. The first-order valence-corrected chi connectivity index (χ1v) is 16.0. The van der Waals surface area contributed by atoms with Gasteiger partial charge in [0.1, 0.15) is 22.8 Å². The molecule has 7 rings (SSSR count). The first-order valence-electron chi connectivity index (χ1n) is 16.0. The smallest absolute Gasteiger partial charge is 0.255 e. The van der Waals surface area contributed by atoms with Crippen molar-refractivity contribution in [2.24, 2.45) is 23.5 Å². The zero-order valence-corrected chi connectivity index (χ0v) is 25.9. The molecule has 9 heteroatoms. The lowest BCUT2D eigenvalue weighted by Crippen LogP contribution is -2.65. The topological polar surface area (TPSA) is 161 Å². The molecule has 0 aliphatic heterocycles. The number of rotatable bonds is 5. The minimum Gasteiger partial charge on any atom is -0.508 e. The van der Waals surface area contributed by atoms with Gasteiger partial charge in [0.05, 0.1) is 11.6 Å². The van der Waals surface area contributed by atoms with E-state index < -0.39 is 58.0 Å². The number of carbonyl (C=O) groups excluding carboxylic acids is 3. The number of hydrogen-bond donors (Lipinski definition) is 5. The van der Waals surface area contributed by atoms with Crippen molar-refractivity contribution in [1.82, 2.24) is 4.90 Å². The second-order valence-corrected chi connectivity index (χ2v) is 13.6. The predicted molar refractivity (Wildman–Crippen MR) is 173 cm³/mol. The molecule has 0 bridgehead atoms. The molecule has 9 nitrogen and oxygen atoms in total. The van der Waals surface area contributed by atoms with Gasteiger partial charge in [-0.1, -0.05) is 68.1 Å². The van der Waals surface area contributed by atoms with E-state index in [1.54, 1.807) is 14.1 Å². The molecule has 238 valence electrons. The number of aromatic hydroxyl groups is 1. The van der Waals surface area contributed by atoms with Gasteiger partial charge in [0.25, 0.3) is 5.91 Å². The molecule has 3 aromatic carbocycles. The van der Waals surface area contributed by atoms with Crippen LogP contribution in [0.3, 0.4) is 0 Å². The number of fused-ring (bicyclic) bond motifs is 4. The van der Waals surface area contributed by atoms with Crippen LogP contribution >= 0.6 is 0 Å². The van der Waals surface area contributed by atoms with E-state index in [1.807, 2.05) is 18.2 Å². The van der Waals surface area contributed by atoms with Crippen LogP contribution in [0, 0.1) is 17.8 Å². The Morgan fingerprint density at radius 2 is 1.63 bits per heavy atom. The van der Waals surface area contributed by atoms with E-state index in [0.717, 1.165) is 28.3 Å². The van der Waals surface area contributed by atoms with Crippen molar-refractivity contribution in [3.05, 3.63) is 82.1 Å². The zero-order valence-electron chi connectivity index (χ0n) is 25.9. The number of benzene rings is 3. The van der Waals surface area contributed by atoms with E-state index in [4.69, 9.17) is 5.73 Å². The van der Waals surface area contributed by atoms with E-state index in [-0.39, 0.29) is 29.7 Å². The first-order chi connectivity index (χ1) is 21.9. The van der Waals surface area contributed by atoms with Crippen molar-refractivity contribution >= 4 is 34.0 Å². The standard InChI is InChI=1S/C37H38N2O7/c1-39(2)31-26-17-20-16-25-24(23-12-11-19(15-18-7-3-4-8-18)21-9-5-6-10-22(21)23)13-14-27(40)29(25)32(41)28(20)34(43)37(26,46)35(44)30(33(31)42)36(38)45/h5-6,9-14,18,20,26,31,40-41,44,46H,3-4,7-8,15-17H2,1-2H3,(H2,38,45)/t20-,26-,31-,37-/m1/s1. The Hall–Kier alpha value is -4.47. The number of ketones is 2. The summed E-state index contributed by atoms with van der Waals surface area (Å²) < 4.78 is 0. The fourth-order valence-corrected chi connectivity index (χ4v) is 8.80. The second-order valence-electron chi connectivity index (χ2n) is 13.6. The number of Topliss-reactive ketones (excluding diaryl/α,β-unsaturated/α-hetero) is 2. The summed E-state index contributed by atoms with van der Waals surface area (Å²) in [5.41, 5.74) is 5.56. The molecule has 0 heterocycles. The monoisotopic (exact) mass is 622 g/mol. The molecule has 2 fully saturated rings. The van der Waals surface area contributed by atoms with Gasteiger partial charge in [-0.25, -0.2) is 0 Å². The van der Waals surface area contributed by atoms with Gasteiger partial charge in [-0.2, -0.15) is 0 Å². The van der Waals surface area contributed by atoms with E-state index in [2.05, 4.69) is 24.3 Å². The fourth-order valence-electron chi connectivity index (χ4n) is 8.80. The van der Waals surface area contributed by atoms with Crippen LogP contribution in [0.5, 0.6) is 5.75 Å². The van der Waals surface area contributed by atoms with Gasteiger partial charge in [0, 0.05) is 11.5 Å². The highest BCUT2D eigenvalue weighted by molar-refractivity contribution is 6.24. The molecule has 0 saturated heterocycles. The quantitative estimate of drug-likeness (QED) is 0.260. The van der Waals surface area contributed by atoms with Crippen molar-refractivity contribution in [3.8, 4) is 16.9 Å². The number of aliphatic hydroxyl groups excluding tert-OH is 2. The highest BCUT2D eigenvalue weighted by Gasteiger charge is 2.64. The molecule has 3 aromatic rings. The van der Waals surface area contributed by atoms with Crippen LogP contribution in [0.25, 0.3) is 27.7 Å². The maximum absolute atomic E-state index is 14.2. The van der Waals surface area contributed by atoms with Gasteiger partial charge in [-0.05, 0) is 84.3 Å². The molecule has 0 aromatic heterocycles. The number of phenols is 1. The molecule has 0 unspecified atom stereocenters. The van der Waals surface area contributed by atoms with Crippen LogP contribution in [0.1, 0.15) is 48.8 Å². The number of likely N-dealkylation sites (N-methyl/N-ethyl adjacent to an activating group) is 1. The van der Waals surface area contributed by atoms with E-state index in [1.165, 1.54) is 42.2 Å². The third-order valence-corrected chi connectivity index (χ3v) is 10.9. The summed E-state index contributed by atoms with van der Waals surface area (Å²) in [6, 6.07) is 14.7. The third kappa shape index (κ3) is 4.25. The minimum atomic E-state index is -2.66. The molecule has 46 heavy (non-hydrogen) atoms. The Balaban J connectivity index is 1.39. The van der Waals surface area contributed by atoms with Crippen LogP contribution in [0.2, 0.25) is 0 Å². The molecule has 4 atom stereocenters. The van der Waals surface area contributed by atoms with E-state index in [9.17, 15) is 34.8 Å². The fraction of sp³-hybridized carbons (Fsp3) is 0.378. The van der Waals surface area contributed by atoms with Crippen LogP contribution in [0.4, 0.5) is 0 Å². The number of hydrogen-bond acceptors (Lipinski definition) is 8. The van der Waals surface area contributed by atoms with Crippen LogP contribution in [-0.2, 0) is 27.2 Å². The Kier molecular flexibility index (Phi) is 7.10. The average molecular weight is 623 g/mol. The predicted octanol–water partition coefficient (Wildman–Crippen LogP) is 4.52. The van der Waals surface area contributed by atoms with Gasteiger partial charge < -0.3 is 26.2 Å². The molecule has 1 amide bonds. The SMILES string of the molecule is CN(C)[C@H]1C(=O)C(C(N)=O)=C(O)[C@]2(O)C(=O)C3=C(O)c4c(O)ccc(-c5ccc(CC6CCCC6)c6ccccc56)c4C[C@@H]3C[C@H]12. The van der Waals surface area contributed by atoms with Crippen molar-refractivity contribution in [2.45, 2.75) is 56.6 Å². The number of primary amides is 1. The van der Waals surface area contributed by atoms with Gasteiger partial charge >= 0.3 is 0 Å². The van der Waals surface area contributed by atoms with E-state index >= 15 is 0 Å². The van der Waals surface area contributed by atoms with Crippen molar-refractivity contribution < 1.29 is 34.8 Å². The van der Waals surface area contributed by atoms with Crippen molar-refractivity contribution in [1.29, 1.82) is 0 Å². The highest BCUT2D eigenvalue weighted by atomic mass is 16.3. The summed E-state index contributed by atoms with van der Waals surface area (Å²) in [4.78, 5) is 41.3. The second kappa shape index (κ2) is 10.8. The normalized spacial score (nSPS) is 26.5. The van der Waals surface area contributed by atoms with Crippen LogP contribution in [0.15, 0.2) is 65.4 Å². The number of carbonyl (C=O) groups is 3. The molecular formula is C37H38N2O7. The Labute approximate surface area is 266 Å². The lowest BCUT2D eigenvalue weighted by molar-refractivity contribution is -0.153. The molecule has 2 saturated carbocycles. The summed E-state index contributed by atoms with van der Waals surface area (Å²) in [7, 11) is 3.18. The van der Waals surface area contributed by atoms with Crippen LogP contribution < -0.4 is 5.73 Å². The zero-order chi connectivity index (χ0) is 32.7. The molecule has 0 radical (unpaired) electrons. The van der Waals surface area contributed by atoms with Crippen molar-refractivity contribution in [3.63, 3.8) is 0 Å². The van der Waals surface area contributed by atoms with Crippen molar-refractivity contribution in [2.75, 3.05) is 14.1 Å². The Morgan fingerprint density at radius 1 is 0.957 bits per heavy atom. The summed E-state index contributed by atoms with van der Waals surface area (Å²) in [5, 5.41) is 47.9. The number of nitrogens with zero attached hydrogens (tertiary/aromatic N) is 1. The largest absolute Gasteiger partial charge is 0.508 e. The maximum Gasteiger partial charge on any atom is 0.255 e. The molecule has 4 aliphatic rings. The van der Waals surface area contributed by atoms with Gasteiger partial charge in [-0.3, -0.25) is 19.3 Å². The highest BCUT2D eigenvalue weighted by Crippen LogP contribution is 2.54. The van der Waals surface area contributed by atoms with Gasteiger partial charge in [0.15, 0.2) is 11.4 Å². The molecule has 4 aliphatic carbocycles. The molecule has 0 spiro atoms. The lowest BCUT2D eigenvalue weighted by Gasteiger charge is -2.50.